The summed E-state index contributed by atoms with van der Waals surface area (Å²) in [5.74, 6) is -0.154. The van der Waals surface area contributed by atoms with Gasteiger partial charge in [-0.05, 0) is 19.8 Å². The molecule has 0 bridgehead atoms. The molecule has 1 rings (SSSR count). The van der Waals surface area contributed by atoms with Crippen molar-refractivity contribution in [3.8, 4) is 0 Å². The predicted octanol–water partition coefficient (Wildman–Crippen LogP) is 1.15. The van der Waals surface area contributed by atoms with Gasteiger partial charge >= 0.3 is 5.97 Å². The molecule has 1 fully saturated rings. The molecule has 22 heavy (non-hydrogen) atoms. The first-order valence-corrected chi connectivity index (χ1v) is 8.23. The minimum atomic E-state index is -1.13. The molecule has 0 aromatic heterocycles. The molecule has 1 heterocycles. The Morgan fingerprint density at radius 3 is 2.18 bits per heavy atom. The fourth-order valence-corrected chi connectivity index (χ4v) is 2.80. The molecule has 0 radical (unpaired) electrons. The number of aliphatic hydroxyl groups excluding tert-OH is 3. The van der Waals surface area contributed by atoms with Gasteiger partial charge in [0.1, 0.15) is 18.3 Å². The van der Waals surface area contributed by atoms with Crippen molar-refractivity contribution < 1.29 is 29.6 Å². The highest BCUT2D eigenvalue weighted by Crippen LogP contribution is 2.24. The monoisotopic (exact) mass is 318 g/mol. The molecular weight excluding hydrogens is 288 g/mol. The Morgan fingerprint density at radius 2 is 1.55 bits per heavy atom. The van der Waals surface area contributed by atoms with Crippen molar-refractivity contribution >= 4 is 5.97 Å². The molecule has 0 aromatic rings. The van der Waals surface area contributed by atoms with Crippen LogP contribution in [0, 0.1) is 0 Å². The zero-order chi connectivity index (χ0) is 16.5. The van der Waals surface area contributed by atoms with Crippen LogP contribution in [0.3, 0.4) is 0 Å². The Bertz CT molecular complexity index is 322. The number of aliphatic hydroxyl groups is 3. The average molecular weight is 318 g/mol. The highest BCUT2D eigenvalue weighted by molar-refractivity contribution is 5.68. The molecule has 1 aliphatic heterocycles. The normalized spacial score (nSPS) is 32.0. The summed E-state index contributed by atoms with van der Waals surface area (Å²) < 4.78 is 10.1. The van der Waals surface area contributed by atoms with Crippen molar-refractivity contribution in [2.45, 2.75) is 88.8 Å². The molecular formula is C16H30O6. The second-order valence-corrected chi connectivity index (χ2v) is 6.09. The summed E-state index contributed by atoms with van der Waals surface area (Å²) in [6.07, 6.45) is 3.07. The number of hydrogen-bond donors (Lipinski definition) is 3. The van der Waals surface area contributed by atoms with Crippen LogP contribution >= 0.6 is 0 Å². The molecule has 0 spiro atoms. The zero-order valence-corrected chi connectivity index (χ0v) is 13.6. The van der Waals surface area contributed by atoms with Crippen molar-refractivity contribution in [2.24, 2.45) is 0 Å². The Balaban J connectivity index is 2.06. The van der Waals surface area contributed by atoms with Gasteiger partial charge < -0.3 is 24.8 Å². The third-order valence-electron chi connectivity index (χ3n) is 4.30. The summed E-state index contributed by atoms with van der Waals surface area (Å²) in [4.78, 5) is 10.9. The van der Waals surface area contributed by atoms with Gasteiger partial charge in [0.2, 0.25) is 0 Å². The fraction of sp³-hybridized carbons (Fsp3) is 0.938. The molecule has 0 aromatic carbocycles. The SMILES string of the molecule is COC(=O)CCCCCCCC[C@H]1O[C@@H](C)[C@@H](O)[C@@H](O)[C@@H]1O. The lowest BCUT2D eigenvalue weighted by atomic mass is 9.92. The second kappa shape index (κ2) is 10.2. The summed E-state index contributed by atoms with van der Waals surface area (Å²) in [6.45, 7) is 1.70. The van der Waals surface area contributed by atoms with Gasteiger partial charge in [-0.3, -0.25) is 4.79 Å². The van der Waals surface area contributed by atoms with E-state index in [9.17, 15) is 20.1 Å². The lowest BCUT2D eigenvalue weighted by Crippen LogP contribution is -2.56. The van der Waals surface area contributed by atoms with Crippen molar-refractivity contribution in [3.63, 3.8) is 0 Å². The number of carbonyl (C=O) groups excluding carboxylic acids is 1. The molecule has 0 amide bonds. The Kier molecular flexibility index (Phi) is 8.93. The highest BCUT2D eigenvalue weighted by Gasteiger charge is 2.41. The molecule has 0 aliphatic carbocycles. The maximum atomic E-state index is 10.9. The number of esters is 1. The van der Waals surface area contributed by atoms with Gasteiger partial charge in [0.25, 0.3) is 0 Å². The number of ether oxygens (including phenoxy) is 2. The van der Waals surface area contributed by atoms with E-state index in [4.69, 9.17) is 4.74 Å². The molecule has 130 valence electrons. The third-order valence-corrected chi connectivity index (χ3v) is 4.30. The molecule has 6 heteroatoms. The lowest BCUT2D eigenvalue weighted by Gasteiger charge is -2.39. The molecule has 1 saturated heterocycles. The van der Waals surface area contributed by atoms with Crippen LogP contribution in [-0.2, 0) is 14.3 Å². The van der Waals surface area contributed by atoms with Crippen molar-refractivity contribution in [1.82, 2.24) is 0 Å². The lowest BCUT2D eigenvalue weighted by molar-refractivity contribution is -0.218. The first-order chi connectivity index (χ1) is 10.5. The van der Waals surface area contributed by atoms with E-state index in [0.717, 1.165) is 38.5 Å². The van der Waals surface area contributed by atoms with E-state index in [1.807, 2.05) is 0 Å². The summed E-state index contributed by atoms with van der Waals surface area (Å²) in [6, 6.07) is 0. The van der Waals surface area contributed by atoms with Crippen LogP contribution in [0.1, 0.15) is 58.3 Å². The third kappa shape index (κ3) is 6.20. The van der Waals surface area contributed by atoms with Crippen LogP contribution in [0.4, 0.5) is 0 Å². The van der Waals surface area contributed by atoms with Crippen molar-refractivity contribution in [3.05, 3.63) is 0 Å². The van der Waals surface area contributed by atoms with E-state index >= 15 is 0 Å². The number of rotatable bonds is 9. The smallest absolute Gasteiger partial charge is 0.305 e. The van der Waals surface area contributed by atoms with Crippen LogP contribution in [0.15, 0.2) is 0 Å². The van der Waals surface area contributed by atoms with Crippen LogP contribution in [0.2, 0.25) is 0 Å². The highest BCUT2D eigenvalue weighted by atomic mass is 16.5. The minimum Gasteiger partial charge on any atom is -0.469 e. The number of methoxy groups -OCH3 is 1. The van der Waals surface area contributed by atoms with E-state index in [1.165, 1.54) is 7.11 Å². The number of unbranched alkanes of at least 4 members (excludes halogenated alkanes) is 5. The van der Waals surface area contributed by atoms with Gasteiger partial charge in [0.15, 0.2) is 0 Å². The molecule has 3 N–H and O–H groups in total. The molecule has 5 atom stereocenters. The van der Waals surface area contributed by atoms with Crippen LogP contribution in [0.5, 0.6) is 0 Å². The van der Waals surface area contributed by atoms with Gasteiger partial charge in [-0.15, -0.1) is 0 Å². The largest absolute Gasteiger partial charge is 0.469 e. The first kappa shape index (κ1) is 19.4. The van der Waals surface area contributed by atoms with Gasteiger partial charge in [0, 0.05) is 6.42 Å². The van der Waals surface area contributed by atoms with Crippen LogP contribution in [0.25, 0.3) is 0 Å². The summed E-state index contributed by atoms with van der Waals surface area (Å²) in [7, 11) is 1.40. The Labute approximate surface area is 132 Å². The van der Waals surface area contributed by atoms with Crippen LogP contribution in [-0.4, -0.2) is 58.9 Å². The maximum Gasteiger partial charge on any atom is 0.305 e. The quantitative estimate of drug-likeness (QED) is 0.436. The molecule has 6 nitrogen and oxygen atoms in total. The zero-order valence-electron chi connectivity index (χ0n) is 13.6. The maximum absolute atomic E-state index is 10.9. The van der Waals surface area contributed by atoms with Crippen molar-refractivity contribution in [2.75, 3.05) is 7.11 Å². The van der Waals surface area contributed by atoms with Crippen LogP contribution < -0.4 is 0 Å². The number of hydrogen-bond acceptors (Lipinski definition) is 6. The standard InChI is InChI=1S/C16H30O6/c1-11-14(18)16(20)15(19)12(22-11)9-7-5-3-4-6-8-10-13(17)21-2/h11-12,14-16,18-20H,3-10H2,1-2H3/t11-,12+,14+,15+,16+/m0/s1. The molecule has 0 unspecified atom stereocenters. The van der Waals surface area contributed by atoms with E-state index in [0.29, 0.717) is 12.8 Å². The second-order valence-electron chi connectivity index (χ2n) is 6.09. The van der Waals surface area contributed by atoms with E-state index in [-0.39, 0.29) is 5.97 Å². The average Bonchev–Trinajstić information content (AvgIpc) is 2.52. The minimum absolute atomic E-state index is 0.154. The summed E-state index contributed by atoms with van der Waals surface area (Å²) >= 11 is 0. The van der Waals surface area contributed by atoms with E-state index in [2.05, 4.69) is 4.74 Å². The Morgan fingerprint density at radius 1 is 0.955 bits per heavy atom. The van der Waals surface area contributed by atoms with Gasteiger partial charge in [-0.25, -0.2) is 0 Å². The fourth-order valence-electron chi connectivity index (χ4n) is 2.80. The number of carbonyl (C=O) groups is 1. The molecule has 0 saturated carbocycles. The first-order valence-electron chi connectivity index (χ1n) is 8.23. The summed E-state index contributed by atoms with van der Waals surface area (Å²) in [5, 5.41) is 29.2. The summed E-state index contributed by atoms with van der Waals surface area (Å²) in [5.41, 5.74) is 0. The van der Waals surface area contributed by atoms with Gasteiger partial charge in [-0.2, -0.15) is 0 Å². The predicted molar refractivity (Wildman–Crippen MR) is 81.3 cm³/mol. The van der Waals surface area contributed by atoms with Crippen molar-refractivity contribution in [1.29, 1.82) is 0 Å². The Hall–Kier alpha value is -0.690. The van der Waals surface area contributed by atoms with E-state index < -0.39 is 30.5 Å². The topological polar surface area (TPSA) is 96.2 Å². The van der Waals surface area contributed by atoms with Gasteiger partial charge in [-0.1, -0.05) is 32.1 Å². The van der Waals surface area contributed by atoms with E-state index in [1.54, 1.807) is 6.92 Å². The van der Waals surface area contributed by atoms with Gasteiger partial charge in [0.05, 0.1) is 19.3 Å². The molecule has 1 aliphatic rings.